The van der Waals surface area contributed by atoms with Gasteiger partial charge in [-0.05, 0) is 50.2 Å². The number of aliphatic hydroxyl groups excluding tert-OH is 1. The Morgan fingerprint density at radius 1 is 1.19 bits per heavy atom. The van der Waals surface area contributed by atoms with E-state index in [0.29, 0.717) is 24.5 Å². The van der Waals surface area contributed by atoms with Gasteiger partial charge in [-0.25, -0.2) is 9.78 Å². The molecule has 0 aliphatic heterocycles. The van der Waals surface area contributed by atoms with E-state index in [9.17, 15) is 9.90 Å². The van der Waals surface area contributed by atoms with Crippen LogP contribution in [0.5, 0.6) is 5.75 Å². The van der Waals surface area contributed by atoms with Crippen molar-refractivity contribution < 1.29 is 19.4 Å². The monoisotopic (exact) mass is 354 g/mol. The number of esters is 1. The summed E-state index contributed by atoms with van der Waals surface area (Å²) in [6.45, 7) is 4.56. The summed E-state index contributed by atoms with van der Waals surface area (Å²) in [6.07, 6.45) is -0.684. The number of fused-ring (bicyclic) bond motifs is 1. The van der Waals surface area contributed by atoms with Crippen molar-refractivity contribution in [2.24, 2.45) is 0 Å². The van der Waals surface area contributed by atoms with E-state index in [1.54, 1.807) is 31.2 Å². The molecule has 1 heterocycles. The summed E-state index contributed by atoms with van der Waals surface area (Å²) < 4.78 is 12.5. The maximum absolute atomic E-state index is 11.6. The highest BCUT2D eigenvalue weighted by molar-refractivity contribution is 5.89. The van der Waals surface area contributed by atoms with E-state index in [0.717, 1.165) is 16.9 Å². The Labute approximate surface area is 152 Å². The van der Waals surface area contributed by atoms with Gasteiger partial charge in [0.1, 0.15) is 24.3 Å². The first kappa shape index (κ1) is 17.9. The van der Waals surface area contributed by atoms with Gasteiger partial charge in [-0.1, -0.05) is 12.1 Å². The molecule has 1 aromatic heterocycles. The highest BCUT2D eigenvalue weighted by Gasteiger charge is 2.13. The van der Waals surface area contributed by atoms with E-state index in [-0.39, 0.29) is 12.6 Å². The van der Waals surface area contributed by atoms with Crippen LogP contribution in [-0.2, 0) is 11.3 Å². The second-order valence-corrected chi connectivity index (χ2v) is 5.97. The van der Waals surface area contributed by atoms with Crippen molar-refractivity contribution in [1.29, 1.82) is 0 Å². The van der Waals surface area contributed by atoms with E-state index >= 15 is 0 Å². The molecule has 0 bridgehead atoms. The zero-order chi connectivity index (χ0) is 18.5. The SMILES string of the molecule is CCOC(=O)c1ccc(OC[C@@H](O)Cn2c(C)nc3ccccc32)cc1. The molecule has 136 valence electrons. The molecule has 6 nitrogen and oxygen atoms in total. The molecule has 3 rings (SSSR count). The van der Waals surface area contributed by atoms with Gasteiger partial charge in [0, 0.05) is 0 Å². The lowest BCUT2D eigenvalue weighted by Crippen LogP contribution is -2.24. The van der Waals surface area contributed by atoms with Gasteiger partial charge in [-0.2, -0.15) is 0 Å². The van der Waals surface area contributed by atoms with Gasteiger partial charge >= 0.3 is 5.97 Å². The summed E-state index contributed by atoms with van der Waals surface area (Å²) in [5.74, 6) is 1.08. The zero-order valence-corrected chi connectivity index (χ0v) is 14.9. The Balaban J connectivity index is 1.59. The first-order valence-corrected chi connectivity index (χ1v) is 8.58. The van der Waals surface area contributed by atoms with Crippen LogP contribution < -0.4 is 4.74 Å². The molecule has 0 saturated heterocycles. The molecule has 0 aliphatic carbocycles. The quantitative estimate of drug-likeness (QED) is 0.660. The number of hydrogen-bond acceptors (Lipinski definition) is 5. The number of aliphatic hydroxyl groups is 1. The molecule has 0 saturated carbocycles. The highest BCUT2D eigenvalue weighted by Crippen LogP contribution is 2.17. The topological polar surface area (TPSA) is 73.6 Å². The van der Waals surface area contributed by atoms with E-state index in [4.69, 9.17) is 9.47 Å². The molecule has 3 aromatic rings. The van der Waals surface area contributed by atoms with Crippen molar-refractivity contribution in [3.05, 3.63) is 59.9 Å². The number of benzene rings is 2. The zero-order valence-electron chi connectivity index (χ0n) is 14.9. The molecule has 1 N–H and O–H groups in total. The van der Waals surface area contributed by atoms with Crippen LogP contribution in [0.1, 0.15) is 23.1 Å². The fourth-order valence-electron chi connectivity index (χ4n) is 2.78. The molecule has 0 amide bonds. The second kappa shape index (κ2) is 8.01. The number of nitrogens with zero attached hydrogens (tertiary/aromatic N) is 2. The minimum atomic E-state index is -0.684. The summed E-state index contributed by atoms with van der Waals surface area (Å²) in [6, 6.07) is 14.5. The number of carbonyl (C=O) groups excluding carboxylic acids is 1. The van der Waals surface area contributed by atoms with Crippen LogP contribution in [0.4, 0.5) is 0 Å². The lowest BCUT2D eigenvalue weighted by Gasteiger charge is -2.15. The third-order valence-corrected chi connectivity index (χ3v) is 4.05. The number of aryl methyl sites for hydroxylation is 1. The van der Waals surface area contributed by atoms with Crippen LogP contribution in [0.25, 0.3) is 11.0 Å². The predicted octanol–water partition coefficient (Wildman–Crippen LogP) is 2.96. The Morgan fingerprint density at radius 2 is 1.92 bits per heavy atom. The Hall–Kier alpha value is -2.86. The molecule has 0 aliphatic rings. The maximum Gasteiger partial charge on any atom is 0.338 e. The average Bonchev–Trinajstić information content (AvgIpc) is 2.96. The van der Waals surface area contributed by atoms with E-state index in [1.807, 2.05) is 35.8 Å². The van der Waals surface area contributed by atoms with Gasteiger partial charge < -0.3 is 19.1 Å². The molecule has 6 heteroatoms. The summed E-state index contributed by atoms with van der Waals surface area (Å²) in [7, 11) is 0. The molecule has 0 spiro atoms. The third-order valence-electron chi connectivity index (χ3n) is 4.05. The van der Waals surface area contributed by atoms with Crippen LogP contribution in [0.3, 0.4) is 0 Å². The number of imidazole rings is 1. The molecule has 2 aromatic carbocycles. The minimum absolute atomic E-state index is 0.144. The van der Waals surface area contributed by atoms with Crippen LogP contribution in [-0.4, -0.2) is 39.9 Å². The molecular formula is C20H22N2O4. The maximum atomic E-state index is 11.6. The Kier molecular flexibility index (Phi) is 5.53. The lowest BCUT2D eigenvalue weighted by atomic mass is 10.2. The van der Waals surface area contributed by atoms with Gasteiger partial charge in [0.05, 0.1) is 29.7 Å². The van der Waals surface area contributed by atoms with Crippen LogP contribution in [0.15, 0.2) is 48.5 Å². The standard InChI is InChI=1S/C20H22N2O4/c1-3-25-20(24)15-8-10-17(11-9-15)26-13-16(23)12-22-14(2)21-18-6-4-5-7-19(18)22/h4-11,16,23H,3,12-13H2,1-2H3/t16-/m0/s1. The minimum Gasteiger partial charge on any atom is -0.491 e. The number of para-hydroxylation sites is 2. The molecular weight excluding hydrogens is 332 g/mol. The number of aromatic nitrogens is 2. The molecule has 0 fully saturated rings. The number of hydrogen-bond donors (Lipinski definition) is 1. The summed E-state index contributed by atoms with van der Waals surface area (Å²) in [5, 5.41) is 10.3. The van der Waals surface area contributed by atoms with E-state index < -0.39 is 6.10 Å². The van der Waals surface area contributed by atoms with Gasteiger partial charge in [-0.3, -0.25) is 0 Å². The van der Waals surface area contributed by atoms with Crippen LogP contribution >= 0.6 is 0 Å². The average molecular weight is 354 g/mol. The van der Waals surface area contributed by atoms with Gasteiger partial charge in [0.15, 0.2) is 0 Å². The summed E-state index contributed by atoms with van der Waals surface area (Å²) in [4.78, 5) is 16.1. The fraction of sp³-hybridized carbons (Fsp3) is 0.300. The molecule has 0 radical (unpaired) electrons. The summed E-state index contributed by atoms with van der Waals surface area (Å²) >= 11 is 0. The van der Waals surface area contributed by atoms with E-state index in [2.05, 4.69) is 4.98 Å². The first-order chi connectivity index (χ1) is 12.6. The molecule has 26 heavy (non-hydrogen) atoms. The van der Waals surface area contributed by atoms with Crippen molar-refractivity contribution in [3.63, 3.8) is 0 Å². The van der Waals surface area contributed by atoms with Gasteiger partial charge in [0.25, 0.3) is 0 Å². The third kappa shape index (κ3) is 4.03. The van der Waals surface area contributed by atoms with Crippen LogP contribution in [0.2, 0.25) is 0 Å². The largest absolute Gasteiger partial charge is 0.491 e. The summed E-state index contributed by atoms with van der Waals surface area (Å²) in [5.41, 5.74) is 2.37. The Morgan fingerprint density at radius 3 is 2.65 bits per heavy atom. The normalized spacial score (nSPS) is 12.1. The predicted molar refractivity (Wildman–Crippen MR) is 98.4 cm³/mol. The number of ether oxygens (including phenoxy) is 2. The van der Waals surface area contributed by atoms with Crippen molar-refractivity contribution in [1.82, 2.24) is 9.55 Å². The van der Waals surface area contributed by atoms with Gasteiger partial charge in [-0.15, -0.1) is 0 Å². The fourth-order valence-corrected chi connectivity index (χ4v) is 2.78. The molecule has 1 atom stereocenters. The van der Waals surface area contributed by atoms with Crippen molar-refractivity contribution in [2.75, 3.05) is 13.2 Å². The second-order valence-electron chi connectivity index (χ2n) is 5.97. The van der Waals surface area contributed by atoms with E-state index in [1.165, 1.54) is 0 Å². The smallest absolute Gasteiger partial charge is 0.338 e. The molecule has 0 unspecified atom stereocenters. The Bertz CT molecular complexity index is 886. The van der Waals surface area contributed by atoms with Gasteiger partial charge in [0.2, 0.25) is 0 Å². The first-order valence-electron chi connectivity index (χ1n) is 8.58. The lowest BCUT2D eigenvalue weighted by molar-refractivity contribution is 0.0526. The van der Waals surface area contributed by atoms with Crippen molar-refractivity contribution in [2.45, 2.75) is 26.5 Å². The van der Waals surface area contributed by atoms with Crippen molar-refractivity contribution in [3.8, 4) is 5.75 Å². The highest BCUT2D eigenvalue weighted by atomic mass is 16.5. The van der Waals surface area contributed by atoms with Crippen molar-refractivity contribution >= 4 is 17.0 Å². The number of carbonyl (C=O) groups is 1. The number of rotatable bonds is 7. The van der Waals surface area contributed by atoms with Crippen LogP contribution in [0, 0.1) is 6.92 Å².